The molecule has 0 aliphatic carbocycles. The van der Waals surface area contributed by atoms with Crippen molar-refractivity contribution in [3.8, 4) is 12.3 Å². The van der Waals surface area contributed by atoms with Crippen LogP contribution < -0.4 is 0 Å². The van der Waals surface area contributed by atoms with Crippen LogP contribution >= 0.6 is 0 Å². The van der Waals surface area contributed by atoms with Crippen molar-refractivity contribution < 1.29 is 5.11 Å². The van der Waals surface area contributed by atoms with E-state index in [1.165, 1.54) is 0 Å². The number of aliphatic hydroxyl groups is 1. The zero-order valence-electron chi connectivity index (χ0n) is 9.71. The van der Waals surface area contributed by atoms with Gasteiger partial charge in [0.1, 0.15) is 0 Å². The number of fused-ring (bicyclic) bond motifs is 1. The summed E-state index contributed by atoms with van der Waals surface area (Å²) in [6.07, 6.45) is 8.91. The number of hydrogen-bond acceptors (Lipinski definition) is 2. The Kier molecular flexibility index (Phi) is 3.79. The first-order chi connectivity index (χ1) is 8.31. The molecule has 3 heteroatoms. The Hall–Kier alpha value is -1.79. The topological polar surface area (TPSA) is 38.0 Å². The molecule has 0 saturated carbocycles. The Bertz CT molecular complexity index is 524. The Balaban J connectivity index is 2.01. The van der Waals surface area contributed by atoms with Gasteiger partial charge < -0.3 is 9.67 Å². The number of rotatable bonds is 5. The molecule has 1 N–H and O–H groups in total. The molecule has 88 valence electrons. The van der Waals surface area contributed by atoms with E-state index in [2.05, 4.69) is 10.9 Å². The Morgan fingerprint density at radius 3 is 3.06 bits per heavy atom. The number of para-hydroxylation sites is 2. The predicted molar refractivity (Wildman–Crippen MR) is 68.4 cm³/mol. The molecule has 1 atom stereocenters. The van der Waals surface area contributed by atoms with Gasteiger partial charge in [-0.25, -0.2) is 4.98 Å². The monoisotopic (exact) mass is 228 g/mol. The molecule has 1 heterocycles. The minimum absolute atomic E-state index is 0.360. The molecule has 0 spiro atoms. The third-order valence-corrected chi connectivity index (χ3v) is 2.79. The summed E-state index contributed by atoms with van der Waals surface area (Å²) in [5, 5.41) is 9.89. The van der Waals surface area contributed by atoms with E-state index in [4.69, 9.17) is 6.42 Å². The normalized spacial score (nSPS) is 12.5. The fourth-order valence-corrected chi connectivity index (χ4v) is 1.91. The van der Waals surface area contributed by atoms with Gasteiger partial charge in [-0.3, -0.25) is 0 Å². The summed E-state index contributed by atoms with van der Waals surface area (Å²) in [4.78, 5) is 4.29. The van der Waals surface area contributed by atoms with Gasteiger partial charge in [-0.1, -0.05) is 12.1 Å². The van der Waals surface area contributed by atoms with Gasteiger partial charge in [0.25, 0.3) is 0 Å². The van der Waals surface area contributed by atoms with Crippen LogP contribution in [-0.2, 0) is 6.54 Å². The fourth-order valence-electron chi connectivity index (χ4n) is 1.91. The largest absolute Gasteiger partial charge is 0.391 e. The summed E-state index contributed by atoms with van der Waals surface area (Å²) < 4.78 is 1.98. The molecular weight excluding hydrogens is 212 g/mol. The first kappa shape index (κ1) is 11.7. The van der Waals surface area contributed by atoms with Crippen LogP contribution in [0.2, 0.25) is 0 Å². The number of imidazole rings is 1. The van der Waals surface area contributed by atoms with Gasteiger partial charge in [0.05, 0.1) is 30.0 Å². The number of aromatic nitrogens is 2. The van der Waals surface area contributed by atoms with Crippen molar-refractivity contribution in [1.29, 1.82) is 0 Å². The molecule has 0 fully saturated rings. The lowest BCUT2D eigenvalue weighted by atomic mass is 10.1. The summed E-state index contributed by atoms with van der Waals surface area (Å²) in [5.41, 5.74) is 2.02. The third-order valence-electron chi connectivity index (χ3n) is 2.79. The molecule has 1 aromatic carbocycles. The van der Waals surface area contributed by atoms with E-state index in [0.29, 0.717) is 6.54 Å². The number of hydrogen-bond donors (Lipinski definition) is 1. The molecule has 0 saturated heterocycles. The molecule has 1 unspecified atom stereocenters. The van der Waals surface area contributed by atoms with Gasteiger partial charge in [0.15, 0.2) is 0 Å². The van der Waals surface area contributed by atoms with Crippen LogP contribution in [0.3, 0.4) is 0 Å². The lowest BCUT2D eigenvalue weighted by Crippen LogP contribution is -2.15. The van der Waals surface area contributed by atoms with E-state index in [-0.39, 0.29) is 6.10 Å². The molecule has 17 heavy (non-hydrogen) atoms. The molecule has 2 aromatic rings. The third kappa shape index (κ3) is 2.86. The van der Waals surface area contributed by atoms with E-state index >= 15 is 0 Å². The minimum atomic E-state index is -0.360. The van der Waals surface area contributed by atoms with Crippen LogP contribution in [0.1, 0.15) is 19.3 Å². The molecule has 1 aromatic heterocycles. The number of terminal acetylenes is 1. The number of nitrogens with zero attached hydrogens (tertiary/aromatic N) is 2. The van der Waals surface area contributed by atoms with Gasteiger partial charge in [-0.15, -0.1) is 12.3 Å². The Morgan fingerprint density at radius 1 is 1.41 bits per heavy atom. The average Bonchev–Trinajstić information content (AvgIpc) is 2.73. The van der Waals surface area contributed by atoms with Crippen molar-refractivity contribution in [3.63, 3.8) is 0 Å². The second kappa shape index (κ2) is 5.51. The standard InChI is InChI=1S/C14H16N2O/c1-2-3-4-7-12(17)10-16-11-15-13-8-5-6-9-14(13)16/h1,5-6,8-9,11-12,17H,3-4,7,10H2. The minimum Gasteiger partial charge on any atom is -0.391 e. The van der Waals surface area contributed by atoms with Crippen molar-refractivity contribution in [3.05, 3.63) is 30.6 Å². The van der Waals surface area contributed by atoms with Crippen LogP contribution in [0.5, 0.6) is 0 Å². The quantitative estimate of drug-likeness (QED) is 0.629. The van der Waals surface area contributed by atoms with Crippen LogP contribution in [0.15, 0.2) is 30.6 Å². The van der Waals surface area contributed by atoms with Crippen molar-refractivity contribution in [2.75, 3.05) is 0 Å². The van der Waals surface area contributed by atoms with E-state index in [9.17, 15) is 5.11 Å². The summed E-state index contributed by atoms with van der Waals surface area (Å²) in [7, 11) is 0. The van der Waals surface area contributed by atoms with Gasteiger partial charge in [-0.05, 0) is 25.0 Å². The molecule has 0 bridgehead atoms. The lowest BCUT2D eigenvalue weighted by molar-refractivity contribution is 0.143. The predicted octanol–water partition coefficient (Wildman–Crippen LogP) is 2.20. The summed E-state index contributed by atoms with van der Waals surface area (Å²) in [5.74, 6) is 2.58. The van der Waals surface area contributed by atoms with Crippen LogP contribution in [0.25, 0.3) is 11.0 Å². The zero-order chi connectivity index (χ0) is 12.1. The van der Waals surface area contributed by atoms with E-state index < -0.39 is 0 Å². The summed E-state index contributed by atoms with van der Waals surface area (Å²) in [6.45, 7) is 0.574. The van der Waals surface area contributed by atoms with Crippen molar-refractivity contribution in [2.24, 2.45) is 0 Å². The number of benzene rings is 1. The highest BCUT2D eigenvalue weighted by Crippen LogP contribution is 2.13. The van der Waals surface area contributed by atoms with Gasteiger partial charge in [-0.2, -0.15) is 0 Å². The zero-order valence-corrected chi connectivity index (χ0v) is 9.71. The molecule has 0 aliphatic heterocycles. The highest BCUT2D eigenvalue weighted by Gasteiger charge is 2.07. The van der Waals surface area contributed by atoms with E-state index in [0.717, 1.165) is 30.3 Å². The van der Waals surface area contributed by atoms with Crippen molar-refractivity contribution in [2.45, 2.75) is 31.9 Å². The van der Waals surface area contributed by atoms with Crippen molar-refractivity contribution >= 4 is 11.0 Å². The fraction of sp³-hybridized carbons (Fsp3) is 0.357. The molecule has 0 amide bonds. The molecule has 3 nitrogen and oxygen atoms in total. The van der Waals surface area contributed by atoms with E-state index in [1.807, 2.05) is 28.8 Å². The second-order valence-corrected chi connectivity index (χ2v) is 4.14. The van der Waals surface area contributed by atoms with Crippen LogP contribution in [0, 0.1) is 12.3 Å². The smallest absolute Gasteiger partial charge is 0.0959 e. The first-order valence-electron chi connectivity index (χ1n) is 5.82. The highest BCUT2D eigenvalue weighted by atomic mass is 16.3. The number of unbranched alkanes of at least 4 members (excludes halogenated alkanes) is 1. The maximum absolute atomic E-state index is 9.89. The van der Waals surface area contributed by atoms with Crippen LogP contribution in [0.4, 0.5) is 0 Å². The van der Waals surface area contributed by atoms with Gasteiger partial charge in [0.2, 0.25) is 0 Å². The molecule has 0 aliphatic rings. The first-order valence-corrected chi connectivity index (χ1v) is 5.82. The molecular formula is C14H16N2O. The maximum atomic E-state index is 9.89. The Morgan fingerprint density at radius 2 is 2.24 bits per heavy atom. The second-order valence-electron chi connectivity index (χ2n) is 4.14. The lowest BCUT2D eigenvalue weighted by Gasteiger charge is -2.11. The van der Waals surface area contributed by atoms with Crippen molar-refractivity contribution in [1.82, 2.24) is 9.55 Å². The maximum Gasteiger partial charge on any atom is 0.0959 e. The molecule has 2 rings (SSSR count). The number of aliphatic hydroxyl groups excluding tert-OH is 1. The summed E-state index contributed by atoms with van der Waals surface area (Å²) >= 11 is 0. The summed E-state index contributed by atoms with van der Waals surface area (Å²) in [6, 6.07) is 7.92. The molecule has 0 radical (unpaired) electrons. The van der Waals surface area contributed by atoms with Crippen LogP contribution in [-0.4, -0.2) is 20.8 Å². The van der Waals surface area contributed by atoms with Gasteiger partial charge >= 0.3 is 0 Å². The van der Waals surface area contributed by atoms with E-state index in [1.54, 1.807) is 6.33 Å². The Labute approximate surface area is 101 Å². The SMILES string of the molecule is C#CCCCC(O)Cn1cnc2ccccc21. The van der Waals surface area contributed by atoms with Gasteiger partial charge in [0, 0.05) is 6.42 Å². The highest BCUT2D eigenvalue weighted by molar-refractivity contribution is 5.74. The average molecular weight is 228 g/mol.